The maximum Gasteiger partial charge on any atom is 0.254 e. The molecular formula is C26H27NO5. The minimum atomic E-state index is -0.250. The zero-order chi connectivity index (χ0) is 22.7. The van der Waals surface area contributed by atoms with Gasteiger partial charge in [0.1, 0.15) is 0 Å². The van der Waals surface area contributed by atoms with Crippen molar-refractivity contribution in [2.75, 3.05) is 35.0 Å². The van der Waals surface area contributed by atoms with Crippen molar-refractivity contribution in [2.45, 2.75) is 12.5 Å². The molecule has 3 aromatic rings. The van der Waals surface area contributed by atoms with Gasteiger partial charge in [-0.3, -0.25) is 4.79 Å². The van der Waals surface area contributed by atoms with E-state index in [9.17, 15) is 4.79 Å². The average molecular weight is 434 g/mol. The van der Waals surface area contributed by atoms with Crippen LogP contribution < -0.4 is 18.9 Å². The molecule has 1 amide bonds. The smallest absolute Gasteiger partial charge is 0.254 e. The first kappa shape index (κ1) is 21.6. The van der Waals surface area contributed by atoms with Gasteiger partial charge < -0.3 is 23.8 Å². The van der Waals surface area contributed by atoms with Gasteiger partial charge in [-0.1, -0.05) is 30.3 Å². The van der Waals surface area contributed by atoms with Crippen LogP contribution in [0.2, 0.25) is 0 Å². The van der Waals surface area contributed by atoms with E-state index < -0.39 is 0 Å². The number of rotatable bonds is 6. The van der Waals surface area contributed by atoms with Gasteiger partial charge in [0.2, 0.25) is 0 Å². The van der Waals surface area contributed by atoms with Gasteiger partial charge in [-0.2, -0.15) is 0 Å². The van der Waals surface area contributed by atoms with Gasteiger partial charge in [0.15, 0.2) is 23.0 Å². The summed E-state index contributed by atoms with van der Waals surface area (Å²) in [7, 11) is 6.40. The SMILES string of the molecule is COc1ccc(C(=O)N2CCc3cc(OC)c(OC)cc3C2c2ccccc2)cc1OC. The van der Waals surface area contributed by atoms with E-state index >= 15 is 0 Å². The van der Waals surface area contributed by atoms with E-state index in [4.69, 9.17) is 18.9 Å². The van der Waals surface area contributed by atoms with Crippen LogP contribution in [-0.2, 0) is 6.42 Å². The molecule has 1 aliphatic heterocycles. The van der Waals surface area contributed by atoms with Gasteiger partial charge in [-0.25, -0.2) is 0 Å². The number of nitrogens with zero attached hydrogens (tertiary/aromatic N) is 1. The molecule has 1 aliphatic rings. The normalized spacial score (nSPS) is 15.0. The van der Waals surface area contributed by atoms with E-state index in [-0.39, 0.29) is 11.9 Å². The van der Waals surface area contributed by atoms with E-state index in [1.54, 1.807) is 46.6 Å². The van der Waals surface area contributed by atoms with E-state index in [1.165, 1.54) is 0 Å². The maximum atomic E-state index is 13.7. The molecule has 0 bridgehead atoms. The highest BCUT2D eigenvalue weighted by molar-refractivity contribution is 5.95. The summed E-state index contributed by atoms with van der Waals surface area (Å²) in [4.78, 5) is 15.6. The van der Waals surface area contributed by atoms with Crippen LogP contribution in [-0.4, -0.2) is 45.8 Å². The molecule has 32 heavy (non-hydrogen) atoms. The van der Waals surface area contributed by atoms with Crippen molar-refractivity contribution >= 4 is 5.91 Å². The Hall–Kier alpha value is -3.67. The summed E-state index contributed by atoms with van der Waals surface area (Å²) in [6, 6.07) is 19.1. The van der Waals surface area contributed by atoms with Gasteiger partial charge in [0.05, 0.1) is 34.5 Å². The number of amides is 1. The van der Waals surface area contributed by atoms with Gasteiger partial charge in [-0.15, -0.1) is 0 Å². The van der Waals surface area contributed by atoms with Crippen molar-refractivity contribution in [3.05, 3.63) is 82.9 Å². The molecule has 0 N–H and O–H groups in total. The molecule has 3 aromatic carbocycles. The molecule has 0 saturated heterocycles. The van der Waals surface area contributed by atoms with Gasteiger partial charge >= 0.3 is 0 Å². The van der Waals surface area contributed by atoms with E-state index in [1.807, 2.05) is 47.4 Å². The van der Waals surface area contributed by atoms with Crippen molar-refractivity contribution in [3.63, 3.8) is 0 Å². The molecule has 0 fully saturated rings. The van der Waals surface area contributed by atoms with Crippen molar-refractivity contribution in [1.82, 2.24) is 4.90 Å². The fourth-order valence-electron chi connectivity index (χ4n) is 4.29. The summed E-state index contributed by atoms with van der Waals surface area (Å²) >= 11 is 0. The highest BCUT2D eigenvalue weighted by Gasteiger charge is 2.34. The Morgan fingerprint density at radius 3 is 2.06 bits per heavy atom. The summed E-state index contributed by atoms with van der Waals surface area (Å²) in [6.07, 6.45) is 0.720. The van der Waals surface area contributed by atoms with Crippen LogP contribution in [0, 0.1) is 0 Å². The molecule has 6 nitrogen and oxygen atoms in total. The lowest BCUT2D eigenvalue weighted by Crippen LogP contribution is -2.40. The molecule has 0 saturated carbocycles. The molecule has 0 radical (unpaired) electrons. The second-order valence-corrected chi connectivity index (χ2v) is 7.54. The largest absolute Gasteiger partial charge is 0.493 e. The summed E-state index contributed by atoms with van der Waals surface area (Å²) in [5, 5.41) is 0. The summed E-state index contributed by atoms with van der Waals surface area (Å²) in [5.74, 6) is 2.38. The third kappa shape index (κ3) is 3.84. The quantitative estimate of drug-likeness (QED) is 0.573. The average Bonchev–Trinajstić information content (AvgIpc) is 2.86. The van der Waals surface area contributed by atoms with E-state index in [2.05, 4.69) is 0 Å². The molecule has 1 unspecified atom stereocenters. The fraction of sp³-hybridized carbons (Fsp3) is 0.269. The zero-order valence-electron chi connectivity index (χ0n) is 18.8. The molecule has 6 heteroatoms. The third-order valence-corrected chi connectivity index (χ3v) is 5.88. The first-order valence-electron chi connectivity index (χ1n) is 10.4. The Kier molecular flexibility index (Phi) is 6.21. The number of carbonyl (C=O) groups excluding carboxylic acids is 1. The molecule has 4 rings (SSSR count). The first-order valence-corrected chi connectivity index (χ1v) is 10.4. The first-order chi connectivity index (χ1) is 15.6. The van der Waals surface area contributed by atoms with Crippen LogP contribution in [0.3, 0.4) is 0 Å². The number of methoxy groups -OCH3 is 4. The second-order valence-electron chi connectivity index (χ2n) is 7.54. The number of benzene rings is 3. The topological polar surface area (TPSA) is 57.2 Å². The fourth-order valence-corrected chi connectivity index (χ4v) is 4.29. The standard InChI is InChI=1S/C26H27NO5/c1-29-21-11-10-19(15-22(21)30-2)26(28)27-13-12-18-14-23(31-3)24(32-4)16-20(18)25(27)17-8-6-5-7-9-17/h5-11,14-16,25H,12-13H2,1-4H3. The number of hydrogen-bond donors (Lipinski definition) is 0. The van der Waals surface area contributed by atoms with Crippen LogP contribution in [0.5, 0.6) is 23.0 Å². The summed E-state index contributed by atoms with van der Waals surface area (Å²) in [6.45, 7) is 0.579. The van der Waals surface area contributed by atoms with Crippen molar-refractivity contribution in [2.24, 2.45) is 0 Å². The van der Waals surface area contributed by atoms with Crippen LogP contribution in [0.4, 0.5) is 0 Å². The van der Waals surface area contributed by atoms with Crippen LogP contribution in [0.25, 0.3) is 0 Å². The lowest BCUT2D eigenvalue weighted by molar-refractivity contribution is 0.0693. The van der Waals surface area contributed by atoms with Crippen LogP contribution in [0.1, 0.15) is 33.1 Å². The predicted octanol–water partition coefficient (Wildman–Crippen LogP) is 4.51. The number of fused-ring (bicyclic) bond motifs is 1. The Bertz CT molecular complexity index is 1110. The summed E-state index contributed by atoms with van der Waals surface area (Å²) in [5.41, 5.74) is 3.77. The minimum Gasteiger partial charge on any atom is -0.493 e. The van der Waals surface area contributed by atoms with Crippen molar-refractivity contribution in [1.29, 1.82) is 0 Å². The number of carbonyl (C=O) groups is 1. The molecule has 0 spiro atoms. The van der Waals surface area contributed by atoms with Gasteiger partial charge in [0, 0.05) is 12.1 Å². The van der Waals surface area contributed by atoms with Gasteiger partial charge in [-0.05, 0) is 53.4 Å². The van der Waals surface area contributed by atoms with Crippen molar-refractivity contribution in [3.8, 4) is 23.0 Å². The molecule has 0 aliphatic carbocycles. The Morgan fingerprint density at radius 1 is 0.781 bits per heavy atom. The highest BCUT2D eigenvalue weighted by atomic mass is 16.5. The third-order valence-electron chi connectivity index (χ3n) is 5.88. The second kappa shape index (κ2) is 9.22. The number of hydrogen-bond acceptors (Lipinski definition) is 5. The van der Waals surface area contributed by atoms with Gasteiger partial charge in [0.25, 0.3) is 5.91 Å². The van der Waals surface area contributed by atoms with Crippen LogP contribution >= 0.6 is 0 Å². The predicted molar refractivity (Wildman–Crippen MR) is 122 cm³/mol. The zero-order valence-corrected chi connectivity index (χ0v) is 18.8. The molecular weight excluding hydrogens is 406 g/mol. The van der Waals surface area contributed by atoms with Crippen molar-refractivity contribution < 1.29 is 23.7 Å². The lowest BCUT2D eigenvalue weighted by atomic mass is 9.87. The lowest BCUT2D eigenvalue weighted by Gasteiger charge is -2.38. The number of ether oxygens (including phenoxy) is 4. The van der Waals surface area contributed by atoms with Crippen LogP contribution in [0.15, 0.2) is 60.7 Å². The Labute approximate surface area is 188 Å². The molecule has 166 valence electrons. The minimum absolute atomic E-state index is 0.0692. The molecule has 0 aromatic heterocycles. The Balaban J connectivity index is 1.81. The molecule has 1 atom stereocenters. The summed E-state index contributed by atoms with van der Waals surface area (Å²) < 4.78 is 21.8. The highest BCUT2D eigenvalue weighted by Crippen LogP contribution is 2.41. The van der Waals surface area contributed by atoms with E-state index in [0.717, 1.165) is 23.1 Å². The Morgan fingerprint density at radius 2 is 1.41 bits per heavy atom. The maximum absolute atomic E-state index is 13.7. The molecule has 1 heterocycles. The van der Waals surface area contributed by atoms with E-state index in [0.29, 0.717) is 35.1 Å². The monoisotopic (exact) mass is 433 g/mol.